The van der Waals surface area contributed by atoms with Gasteiger partial charge in [0.05, 0.1) is 22.8 Å². The standard InChI is InChI=1S/C12H16N4O2S/c1-8-12(9(2)15-14-8)16-19(17,18)7-10-5-3-4-6-11(10)13/h3-6,16H,7,13H2,1-2H3,(H,14,15). The Morgan fingerprint density at radius 3 is 2.58 bits per heavy atom. The van der Waals surface area contributed by atoms with Crippen LogP contribution in [0.25, 0.3) is 0 Å². The molecule has 0 saturated heterocycles. The molecule has 102 valence electrons. The number of nitrogens with one attached hydrogen (secondary N) is 2. The molecule has 7 heteroatoms. The van der Waals surface area contributed by atoms with Crippen molar-refractivity contribution in [3.63, 3.8) is 0 Å². The van der Waals surface area contributed by atoms with Crippen LogP contribution in [0.2, 0.25) is 0 Å². The van der Waals surface area contributed by atoms with Crippen molar-refractivity contribution in [3.05, 3.63) is 41.2 Å². The van der Waals surface area contributed by atoms with Gasteiger partial charge in [-0.2, -0.15) is 5.10 Å². The first kappa shape index (κ1) is 13.4. The maximum Gasteiger partial charge on any atom is 0.237 e. The SMILES string of the molecule is Cc1n[nH]c(C)c1NS(=O)(=O)Cc1ccccc1N. The third-order valence-corrected chi connectivity index (χ3v) is 3.99. The monoisotopic (exact) mass is 280 g/mol. The van der Waals surface area contributed by atoms with Crippen molar-refractivity contribution in [1.82, 2.24) is 10.2 Å². The zero-order valence-corrected chi connectivity index (χ0v) is 11.6. The first-order valence-corrected chi connectivity index (χ1v) is 7.40. The fraction of sp³-hybridized carbons (Fsp3) is 0.250. The fourth-order valence-electron chi connectivity index (χ4n) is 1.76. The van der Waals surface area contributed by atoms with Gasteiger partial charge in [-0.3, -0.25) is 9.82 Å². The summed E-state index contributed by atoms with van der Waals surface area (Å²) in [5, 5.41) is 6.68. The van der Waals surface area contributed by atoms with Crippen LogP contribution in [0.4, 0.5) is 11.4 Å². The van der Waals surface area contributed by atoms with Gasteiger partial charge in [-0.05, 0) is 25.5 Å². The van der Waals surface area contributed by atoms with Crippen LogP contribution in [-0.2, 0) is 15.8 Å². The van der Waals surface area contributed by atoms with E-state index in [2.05, 4.69) is 14.9 Å². The van der Waals surface area contributed by atoms with Gasteiger partial charge in [0.1, 0.15) is 0 Å². The lowest BCUT2D eigenvalue weighted by atomic mass is 10.2. The molecular formula is C12H16N4O2S. The summed E-state index contributed by atoms with van der Waals surface area (Å²) < 4.78 is 26.8. The van der Waals surface area contributed by atoms with E-state index in [-0.39, 0.29) is 5.75 Å². The average molecular weight is 280 g/mol. The summed E-state index contributed by atoms with van der Waals surface area (Å²) in [7, 11) is -3.52. The Morgan fingerprint density at radius 1 is 1.32 bits per heavy atom. The van der Waals surface area contributed by atoms with Crippen LogP contribution >= 0.6 is 0 Å². The molecule has 0 aliphatic carbocycles. The zero-order chi connectivity index (χ0) is 14.0. The lowest BCUT2D eigenvalue weighted by molar-refractivity contribution is 0.600. The maximum absolute atomic E-state index is 12.1. The van der Waals surface area contributed by atoms with Gasteiger partial charge in [0.2, 0.25) is 10.0 Å². The van der Waals surface area contributed by atoms with Gasteiger partial charge in [-0.25, -0.2) is 8.42 Å². The Bertz CT molecular complexity index is 672. The number of rotatable bonds is 4. The van der Waals surface area contributed by atoms with E-state index in [1.54, 1.807) is 38.1 Å². The van der Waals surface area contributed by atoms with Gasteiger partial charge in [-0.15, -0.1) is 0 Å². The molecule has 0 bridgehead atoms. The van der Waals surface area contributed by atoms with Crippen LogP contribution in [0, 0.1) is 13.8 Å². The molecule has 0 amide bonds. The normalized spacial score (nSPS) is 11.5. The highest BCUT2D eigenvalue weighted by Gasteiger charge is 2.17. The van der Waals surface area contributed by atoms with E-state index in [4.69, 9.17) is 5.73 Å². The zero-order valence-electron chi connectivity index (χ0n) is 10.8. The molecule has 0 fully saturated rings. The van der Waals surface area contributed by atoms with Crippen LogP contribution in [0.15, 0.2) is 24.3 Å². The lowest BCUT2D eigenvalue weighted by Gasteiger charge is -2.09. The minimum absolute atomic E-state index is 0.163. The molecule has 4 N–H and O–H groups in total. The van der Waals surface area contributed by atoms with Crippen LogP contribution < -0.4 is 10.5 Å². The average Bonchev–Trinajstić information content (AvgIpc) is 2.63. The first-order valence-electron chi connectivity index (χ1n) is 5.74. The summed E-state index contributed by atoms with van der Waals surface area (Å²) in [6.45, 7) is 3.49. The second-order valence-electron chi connectivity index (χ2n) is 4.37. The van der Waals surface area contributed by atoms with E-state index in [1.807, 2.05) is 0 Å². The number of anilines is 2. The topological polar surface area (TPSA) is 101 Å². The molecule has 1 aromatic heterocycles. The quantitative estimate of drug-likeness (QED) is 0.739. The molecule has 0 atom stereocenters. The number of aryl methyl sites for hydroxylation is 2. The third-order valence-electron chi connectivity index (χ3n) is 2.79. The Hall–Kier alpha value is -2.02. The van der Waals surface area contributed by atoms with Gasteiger partial charge in [0, 0.05) is 5.69 Å². The van der Waals surface area contributed by atoms with Gasteiger partial charge in [0.25, 0.3) is 0 Å². The largest absolute Gasteiger partial charge is 0.398 e. The molecule has 0 spiro atoms. The second kappa shape index (κ2) is 4.93. The van der Waals surface area contributed by atoms with Crippen LogP contribution in [0.3, 0.4) is 0 Å². The van der Waals surface area contributed by atoms with Gasteiger partial charge in [-0.1, -0.05) is 18.2 Å². The number of benzene rings is 1. The van der Waals surface area contributed by atoms with Gasteiger partial charge in [0.15, 0.2) is 0 Å². The summed E-state index contributed by atoms with van der Waals surface area (Å²) in [5.41, 5.74) is 8.58. The lowest BCUT2D eigenvalue weighted by Crippen LogP contribution is -2.16. The van der Waals surface area contributed by atoms with Crippen LogP contribution in [0.5, 0.6) is 0 Å². The fourth-order valence-corrected chi connectivity index (χ4v) is 3.12. The first-order chi connectivity index (χ1) is 8.89. The number of nitrogens with zero attached hydrogens (tertiary/aromatic N) is 1. The van der Waals surface area contributed by atoms with Crippen molar-refractivity contribution in [2.45, 2.75) is 19.6 Å². The maximum atomic E-state index is 12.1. The number of aromatic nitrogens is 2. The van der Waals surface area contributed by atoms with Crippen LogP contribution in [0.1, 0.15) is 17.0 Å². The Labute approximate surface area is 112 Å². The minimum atomic E-state index is -3.52. The molecule has 0 saturated carbocycles. The van der Waals surface area contributed by atoms with Gasteiger partial charge < -0.3 is 5.73 Å². The molecule has 0 aliphatic heterocycles. The van der Waals surface area contributed by atoms with E-state index in [9.17, 15) is 8.42 Å². The summed E-state index contributed by atoms with van der Waals surface area (Å²) >= 11 is 0. The molecule has 1 heterocycles. The van der Waals surface area contributed by atoms with Crippen LogP contribution in [-0.4, -0.2) is 18.6 Å². The molecular weight excluding hydrogens is 264 g/mol. The van der Waals surface area contributed by atoms with Crippen molar-refractivity contribution < 1.29 is 8.42 Å². The van der Waals surface area contributed by atoms with E-state index >= 15 is 0 Å². The van der Waals surface area contributed by atoms with Crippen molar-refractivity contribution in [2.24, 2.45) is 0 Å². The number of nitrogen functional groups attached to an aromatic ring is 1. The minimum Gasteiger partial charge on any atom is -0.398 e. The Balaban J connectivity index is 2.23. The summed E-state index contributed by atoms with van der Waals surface area (Å²) in [6, 6.07) is 6.90. The highest BCUT2D eigenvalue weighted by Crippen LogP contribution is 2.20. The highest BCUT2D eigenvalue weighted by molar-refractivity contribution is 7.91. The van der Waals surface area contributed by atoms with Crippen molar-refractivity contribution in [1.29, 1.82) is 0 Å². The number of hydrogen-bond acceptors (Lipinski definition) is 4. The summed E-state index contributed by atoms with van der Waals surface area (Å²) in [6.07, 6.45) is 0. The molecule has 2 aromatic rings. The molecule has 1 aromatic carbocycles. The molecule has 6 nitrogen and oxygen atoms in total. The summed E-state index contributed by atoms with van der Waals surface area (Å²) in [5.74, 6) is -0.163. The van der Waals surface area contributed by atoms with Gasteiger partial charge >= 0.3 is 0 Å². The number of H-pyrrole nitrogens is 1. The number of aromatic amines is 1. The number of hydrogen-bond donors (Lipinski definition) is 3. The van der Waals surface area contributed by atoms with E-state index in [1.165, 1.54) is 0 Å². The van der Waals surface area contributed by atoms with E-state index < -0.39 is 10.0 Å². The predicted octanol–water partition coefficient (Wildman–Crippen LogP) is 1.55. The Kier molecular flexibility index (Phi) is 3.48. The van der Waals surface area contributed by atoms with Crippen molar-refractivity contribution >= 4 is 21.4 Å². The molecule has 19 heavy (non-hydrogen) atoms. The van der Waals surface area contributed by atoms with E-state index in [0.717, 1.165) is 0 Å². The molecule has 2 rings (SSSR count). The third kappa shape index (κ3) is 3.05. The van der Waals surface area contributed by atoms with Crippen molar-refractivity contribution in [3.8, 4) is 0 Å². The second-order valence-corrected chi connectivity index (χ2v) is 6.09. The van der Waals surface area contributed by atoms with Crippen molar-refractivity contribution in [2.75, 3.05) is 10.5 Å². The molecule has 0 unspecified atom stereocenters. The molecule has 0 aliphatic rings. The smallest absolute Gasteiger partial charge is 0.237 e. The Morgan fingerprint density at radius 2 is 2.00 bits per heavy atom. The highest BCUT2D eigenvalue weighted by atomic mass is 32.2. The number of para-hydroxylation sites is 1. The number of sulfonamides is 1. The predicted molar refractivity (Wildman–Crippen MR) is 75.2 cm³/mol. The van der Waals surface area contributed by atoms with E-state index in [0.29, 0.717) is 28.3 Å². The summed E-state index contributed by atoms with van der Waals surface area (Å²) in [4.78, 5) is 0. The number of nitrogens with two attached hydrogens (primary N) is 1. The molecule has 0 radical (unpaired) electrons.